The second kappa shape index (κ2) is 9.07. The average molecular weight is 476 g/mol. The van der Waals surface area contributed by atoms with Crippen molar-refractivity contribution in [2.24, 2.45) is 5.10 Å². The molecule has 0 saturated heterocycles. The lowest BCUT2D eigenvalue weighted by molar-refractivity contribution is 0.0697. The van der Waals surface area contributed by atoms with Crippen LogP contribution in [0.1, 0.15) is 39.5 Å². The molecule has 0 saturated carbocycles. The van der Waals surface area contributed by atoms with Gasteiger partial charge in [-0.3, -0.25) is 9.99 Å². The number of carbonyl (C=O) groups is 1. The number of halogens is 1. The summed E-state index contributed by atoms with van der Waals surface area (Å²) in [5, 5.41) is 25.1. The molecule has 172 valence electrons. The molecule has 0 unspecified atom stereocenters. The highest BCUT2D eigenvalue weighted by molar-refractivity contribution is 7.80. The molecule has 4 aromatic rings. The molecular formula is C26H22FN3O3S. The van der Waals surface area contributed by atoms with Gasteiger partial charge in [0.15, 0.2) is 0 Å². The van der Waals surface area contributed by atoms with Gasteiger partial charge in [-0.05, 0) is 74.4 Å². The van der Waals surface area contributed by atoms with Gasteiger partial charge in [-0.1, -0.05) is 30.4 Å². The third-order valence-corrected chi connectivity index (χ3v) is 6.06. The Morgan fingerprint density at radius 1 is 1.00 bits per heavy atom. The van der Waals surface area contributed by atoms with Crippen molar-refractivity contribution in [1.29, 1.82) is 0 Å². The zero-order valence-electron chi connectivity index (χ0n) is 18.8. The molecule has 0 fully saturated rings. The summed E-state index contributed by atoms with van der Waals surface area (Å²) < 4.78 is 15.8. The first kappa shape index (κ1) is 23.1. The molecule has 0 aliphatic carbocycles. The van der Waals surface area contributed by atoms with Crippen LogP contribution in [0.15, 0.2) is 65.8 Å². The summed E-state index contributed by atoms with van der Waals surface area (Å²) in [6, 6.07) is 16.2. The first-order valence-corrected chi connectivity index (χ1v) is 10.9. The van der Waals surface area contributed by atoms with Crippen LogP contribution in [0.4, 0.5) is 4.39 Å². The molecule has 3 N–H and O–H groups in total. The quantitative estimate of drug-likeness (QED) is 0.202. The Balaban J connectivity index is 1.74. The Labute approximate surface area is 201 Å². The van der Waals surface area contributed by atoms with E-state index in [4.69, 9.17) is 17.3 Å². The van der Waals surface area contributed by atoms with Crippen LogP contribution in [0, 0.1) is 19.7 Å². The first-order chi connectivity index (χ1) is 16.2. The van der Waals surface area contributed by atoms with Gasteiger partial charge in [-0.25, -0.2) is 9.18 Å². The number of nitrogens with zero attached hydrogens (tertiary/aromatic N) is 2. The highest BCUT2D eigenvalue weighted by Crippen LogP contribution is 2.35. The molecule has 0 aliphatic heterocycles. The summed E-state index contributed by atoms with van der Waals surface area (Å²) in [5.41, 5.74) is 7.87. The minimum atomic E-state index is -1.03. The number of aromatic nitrogens is 1. The topological polar surface area (TPSA) is 86.8 Å². The van der Waals surface area contributed by atoms with Crippen LogP contribution in [0.5, 0.6) is 5.88 Å². The minimum absolute atomic E-state index is 0.0661. The number of aryl methyl sites for hydroxylation is 2. The van der Waals surface area contributed by atoms with Crippen LogP contribution in [-0.4, -0.2) is 31.4 Å². The van der Waals surface area contributed by atoms with Crippen LogP contribution in [-0.2, 0) is 0 Å². The fourth-order valence-corrected chi connectivity index (χ4v) is 3.93. The van der Waals surface area contributed by atoms with Crippen molar-refractivity contribution in [3.8, 4) is 11.6 Å². The second-order valence-electron chi connectivity index (χ2n) is 7.98. The standard InChI is InChI=1S/C26H22FN3O3S/c1-14-4-10-20(12-15(14)2)30-22-11-9-19(27)13-21(22)23(25(30)31)16(3)28-29-24(34)17-5-7-18(8-6-17)26(32)33/h4-13,31H,1-3H3,(H,29,34)(H,32,33). The van der Waals surface area contributed by atoms with E-state index in [1.54, 1.807) is 29.7 Å². The SMILES string of the molecule is CC(=NNC(=S)c1ccc(C(=O)O)cc1)c1c(O)n(-c2ccc(C)c(C)c2)c2ccc(F)cc12. The number of carboxylic acids is 1. The first-order valence-electron chi connectivity index (χ1n) is 10.5. The number of hydrazone groups is 1. The third-order valence-electron chi connectivity index (χ3n) is 5.73. The van der Waals surface area contributed by atoms with Gasteiger partial charge in [0.2, 0.25) is 5.88 Å². The van der Waals surface area contributed by atoms with Gasteiger partial charge >= 0.3 is 5.97 Å². The molecule has 1 aromatic heterocycles. The number of aromatic hydroxyl groups is 1. The smallest absolute Gasteiger partial charge is 0.335 e. The zero-order valence-corrected chi connectivity index (χ0v) is 19.6. The van der Waals surface area contributed by atoms with Gasteiger partial charge in [-0.2, -0.15) is 5.10 Å². The number of rotatable bonds is 5. The molecular weight excluding hydrogens is 453 g/mol. The summed E-state index contributed by atoms with van der Waals surface area (Å²) in [4.78, 5) is 11.3. The normalized spacial score (nSPS) is 11.6. The monoisotopic (exact) mass is 475 g/mol. The molecule has 0 aliphatic rings. The average Bonchev–Trinajstić information content (AvgIpc) is 3.10. The summed E-state index contributed by atoms with van der Waals surface area (Å²) in [6.45, 7) is 5.68. The van der Waals surface area contributed by atoms with Gasteiger partial charge in [0.05, 0.1) is 22.4 Å². The van der Waals surface area contributed by atoms with E-state index in [-0.39, 0.29) is 16.4 Å². The van der Waals surface area contributed by atoms with Crippen molar-refractivity contribution in [3.63, 3.8) is 0 Å². The number of benzene rings is 3. The summed E-state index contributed by atoms with van der Waals surface area (Å²) in [5.74, 6) is -1.52. The highest BCUT2D eigenvalue weighted by atomic mass is 32.1. The van der Waals surface area contributed by atoms with Crippen LogP contribution >= 0.6 is 12.2 Å². The lowest BCUT2D eigenvalue weighted by Crippen LogP contribution is -2.18. The molecule has 0 radical (unpaired) electrons. The lowest BCUT2D eigenvalue weighted by Gasteiger charge is -2.10. The van der Waals surface area contributed by atoms with Gasteiger partial charge in [-0.15, -0.1) is 0 Å². The van der Waals surface area contributed by atoms with Gasteiger partial charge in [0.1, 0.15) is 10.8 Å². The molecule has 8 heteroatoms. The maximum absolute atomic E-state index is 14.2. The summed E-state index contributed by atoms with van der Waals surface area (Å²) in [7, 11) is 0. The van der Waals surface area contributed by atoms with E-state index in [1.807, 2.05) is 32.0 Å². The molecule has 4 rings (SSSR count). The number of hydrogen-bond donors (Lipinski definition) is 3. The van der Waals surface area contributed by atoms with Crippen molar-refractivity contribution < 1.29 is 19.4 Å². The Kier molecular flexibility index (Phi) is 6.17. The largest absolute Gasteiger partial charge is 0.494 e. The number of nitrogens with one attached hydrogen (secondary N) is 1. The Morgan fingerprint density at radius 2 is 1.68 bits per heavy atom. The predicted molar refractivity (Wildman–Crippen MR) is 135 cm³/mol. The van der Waals surface area contributed by atoms with Crippen LogP contribution in [0.3, 0.4) is 0 Å². The predicted octanol–water partition coefficient (Wildman–Crippen LogP) is 5.48. The summed E-state index contributed by atoms with van der Waals surface area (Å²) in [6.07, 6.45) is 0. The number of carboxylic acid groups (broad SMARTS) is 1. The van der Waals surface area contributed by atoms with Crippen molar-refractivity contribution in [3.05, 3.63) is 94.3 Å². The molecule has 3 aromatic carbocycles. The Bertz CT molecular complexity index is 1470. The Hall–Kier alpha value is -4.04. The second-order valence-corrected chi connectivity index (χ2v) is 8.39. The van der Waals surface area contributed by atoms with E-state index >= 15 is 0 Å². The number of thiocarbonyl (C=S) groups is 1. The molecule has 0 atom stereocenters. The van der Waals surface area contributed by atoms with Crippen molar-refractivity contribution >= 4 is 39.8 Å². The minimum Gasteiger partial charge on any atom is -0.494 e. The van der Waals surface area contributed by atoms with E-state index in [0.29, 0.717) is 27.7 Å². The van der Waals surface area contributed by atoms with Gasteiger partial charge < -0.3 is 10.2 Å². The molecule has 6 nitrogen and oxygen atoms in total. The lowest BCUT2D eigenvalue weighted by atomic mass is 10.1. The molecule has 0 bridgehead atoms. The van der Waals surface area contributed by atoms with E-state index in [1.165, 1.54) is 24.3 Å². The zero-order chi connectivity index (χ0) is 24.6. The Morgan fingerprint density at radius 3 is 2.32 bits per heavy atom. The van der Waals surface area contributed by atoms with E-state index in [2.05, 4.69) is 10.5 Å². The number of aromatic carboxylic acids is 1. The number of fused-ring (bicyclic) bond motifs is 1. The molecule has 0 amide bonds. The van der Waals surface area contributed by atoms with Crippen LogP contribution < -0.4 is 5.43 Å². The van der Waals surface area contributed by atoms with E-state index in [0.717, 1.165) is 16.8 Å². The van der Waals surface area contributed by atoms with E-state index < -0.39 is 11.8 Å². The molecule has 1 heterocycles. The molecule has 34 heavy (non-hydrogen) atoms. The maximum atomic E-state index is 14.2. The van der Waals surface area contributed by atoms with Gasteiger partial charge in [0.25, 0.3) is 0 Å². The highest BCUT2D eigenvalue weighted by Gasteiger charge is 2.21. The fourth-order valence-electron chi connectivity index (χ4n) is 3.75. The molecule has 0 spiro atoms. The van der Waals surface area contributed by atoms with Crippen molar-refractivity contribution in [1.82, 2.24) is 9.99 Å². The van der Waals surface area contributed by atoms with Crippen molar-refractivity contribution in [2.45, 2.75) is 20.8 Å². The maximum Gasteiger partial charge on any atom is 0.335 e. The van der Waals surface area contributed by atoms with Crippen LogP contribution in [0.25, 0.3) is 16.6 Å². The summed E-state index contributed by atoms with van der Waals surface area (Å²) >= 11 is 5.36. The van der Waals surface area contributed by atoms with E-state index in [9.17, 15) is 14.3 Å². The van der Waals surface area contributed by atoms with Gasteiger partial charge in [0, 0.05) is 16.6 Å². The number of hydrogen-bond acceptors (Lipinski definition) is 4. The van der Waals surface area contributed by atoms with Crippen LogP contribution in [0.2, 0.25) is 0 Å². The van der Waals surface area contributed by atoms with Crippen molar-refractivity contribution in [2.75, 3.05) is 0 Å². The fraction of sp³-hybridized carbons (Fsp3) is 0.115. The third kappa shape index (κ3) is 4.27.